The molecule has 3 nitrogen and oxygen atoms in total. The summed E-state index contributed by atoms with van der Waals surface area (Å²) in [4.78, 5) is 10.8. The van der Waals surface area contributed by atoms with Crippen LogP contribution in [0.4, 0.5) is 18.9 Å². The van der Waals surface area contributed by atoms with Gasteiger partial charge in [0.2, 0.25) is 0 Å². The third-order valence-electron chi connectivity index (χ3n) is 2.75. The molecule has 7 heteroatoms. The van der Waals surface area contributed by atoms with Crippen molar-refractivity contribution in [3.63, 3.8) is 0 Å². The average Bonchev–Trinajstić information content (AvgIpc) is 2.41. The summed E-state index contributed by atoms with van der Waals surface area (Å²) in [6.07, 6.45) is 0. The van der Waals surface area contributed by atoms with Crippen LogP contribution in [0.2, 0.25) is 0 Å². The Kier molecular flexibility index (Phi) is 4.52. The van der Waals surface area contributed by atoms with E-state index < -0.39 is 29.0 Å². The monoisotopic (exact) mass is 359 g/mol. The number of hydrogen-bond donors (Lipinski definition) is 2. The molecular formula is C14H9BrF3NO2. The molecule has 0 saturated heterocycles. The molecule has 21 heavy (non-hydrogen) atoms. The maximum atomic E-state index is 13.6. The Bertz CT molecular complexity index is 707. The largest absolute Gasteiger partial charge is 0.478 e. The zero-order valence-corrected chi connectivity index (χ0v) is 12.0. The molecular weight excluding hydrogens is 351 g/mol. The number of benzene rings is 2. The van der Waals surface area contributed by atoms with Crippen molar-refractivity contribution in [3.8, 4) is 0 Å². The first-order chi connectivity index (χ1) is 9.88. The van der Waals surface area contributed by atoms with Gasteiger partial charge in [-0.25, -0.2) is 18.0 Å². The molecule has 0 aromatic heterocycles. The minimum atomic E-state index is -1.49. The third kappa shape index (κ3) is 3.55. The predicted octanol–water partition coefficient (Wildman–Crippen LogP) is 4.18. The molecule has 0 saturated carbocycles. The van der Waals surface area contributed by atoms with Gasteiger partial charge in [0.15, 0.2) is 0 Å². The van der Waals surface area contributed by atoms with Gasteiger partial charge in [0.25, 0.3) is 0 Å². The van der Waals surface area contributed by atoms with Crippen LogP contribution in [-0.2, 0) is 6.54 Å². The lowest BCUT2D eigenvalue weighted by molar-refractivity contribution is 0.0692. The Labute approximate surface area is 126 Å². The molecule has 2 rings (SSSR count). The second kappa shape index (κ2) is 6.17. The molecule has 0 aliphatic heterocycles. The van der Waals surface area contributed by atoms with Crippen LogP contribution in [0.1, 0.15) is 15.9 Å². The highest BCUT2D eigenvalue weighted by molar-refractivity contribution is 9.10. The van der Waals surface area contributed by atoms with Crippen molar-refractivity contribution in [1.29, 1.82) is 0 Å². The van der Waals surface area contributed by atoms with E-state index in [9.17, 15) is 18.0 Å². The number of anilines is 1. The zero-order valence-electron chi connectivity index (χ0n) is 10.5. The summed E-state index contributed by atoms with van der Waals surface area (Å²) in [5.41, 5.74) is -0.127. The number of aromatic carboxylic acids is 1. The fourth-order valence-corrected chi connectivity index (χ4v) is 2.12. The standard InChI is InChI=1S/C14H9BrF3NO2/c15-9-3-7(1-2-10(9)16)6-19-13-4-8(14(20)21)11(17)5-12(13)18/h1-5,19H,6H2,(H,20,21). The first-order valence-corrected chi connectivity index (χ1v) is 6.58. The van der Waals surface area contributed by atoms with Crippen molar-refractivity contribution in [2.45, 2.75) is 6.54 Å². The summed E-state index contributed by atoms with van der Waals surface area (Å²) in [6, 6.07) is 5.62. The average molecular weight is 360 g/mol. The summed E-state index contributed by atoms with van der Waals surface area (Å²) in [5.74, 6) is -3.96. The predicted molar refractivity (Wildman–Crippen MR) is 74.7 cm³/mol. The SMILES string of the molecule is O=C(O)c1cc(NCc2ccc(F)c(Br)c2)c(F)cc1F. The number of hydrogen-bond acceptors (Lipinski definition) is 2. The molecule has 0 radical (unpaired) electrons. The number of carboxylic acid groups (broad SMARTS) is 1. The van der Waals surface area contributed by atoms with Gasteiger partial charge in [-0.3, -0.25) is 0 Å². The Hall–Kier alpha value is -2.02. The highest BCUT2D eigenvalue weighted by Crippen LogP contribution is 2.22. The number of nitrogens with one attached hydrogen (secondary N) is 1. The number of halogens is 4. The van der Waals surface area contributed by atoms with E-state index in [4.69, 9.17) is 5.11 Å². The molecule has 0 unspecified atom stereocenters. The van der Waals surface area contributed by atoms with Crippen LogP contribution in [0, 0.1) is 17.5 Å². The summed E-state index contributed by atoms with van der Waals surface area (Å²) in [7, 11) is 0. The van der Waals surface area contributed by atoms with Crippen LogP contribution in [-0.4, -0.2) is 11.1 Å². The lowest BCUT2D eigenvalue weighted by Gasteiger charge is -2.10. The molecule has 0 bridgehead atoms. The minimum absolute atomic E-state index is 0.125. The summed E-state index contributed by atoms with van der Waals surface area (Å²) < 4.78 is 40.2. The molecule has 110 valence electrons. The summed E-state index contributed by atoms with van der Waals surface area (Å²) >= 11 is 3.02. The maximum Gasteiger partial charge on any atom is 0.338 e. The van der Waals surface area contributed by atoms with E-state index in [-0.39, 0.29) is 16.7 Å². The Morgan fingerprint density at radius 2 is 1.81 bits per heavy atom. The lowest BCUT2D eigenvalue weighted by Crippen LogP contribution is -2.07. The van der Waals surface area contributed by atoms with Crippen molar-refractivity contribution in [2.24, 2.45) is 0 Å². The topological polar surface area (TPSA) is 49.3 Å². The van der Waals surface area contributed by atoms with Gasteiger partial charge < -0.3 is 10.4 Å². The van der Waals surface area contributed by atoms with Gasteiger partial charge in [0.1, 0.15) is 17.5 Å². The van der Waals surface area contributed by atoms with Gasteiger partial charge in [-0.2, -0.15) is 0 Å². The quantitative estimate of drug-likeness (QED) is 0.860. The summed E-state index contributed by atoms with van der Waals surface area (Å²) in [5, 5.41) is 11.4. The lowest BCUT2D eigenvalue weighted by atomic mass is 10.1. The fourth-order valence-electron chi connectivity index (χ4n) is 1.70. The van der Waals surface area contributed by atoms with Crippen LogP contribution in [0.3, 0.4) is 0 Å². The second-order valence-electron chi connectivity index (χ2n) is 4.22. The Balaban J connectivity index is 2.21. The Morgan fingerprint density at radius 1 is 1.10 bits per heavy atom. The molecule has 2 N–H and O–H groups in total. The second-order valence-corrected chi connectivity index (χ2v) is 5.07. The fraction of sp³-hybridized carbons (Fsp3) is 0.0714. The molecule has 0 amide bonds. The van der Waals surface area contributed by atoms with Gasteiger partial charge >= 0.3 is 5.97 Å². The number of carboxylic acids is 1. The molecule has 0 heterocycles. The van der Waals surface area contributed by atoms with Crippen molar-refractivity contribution in [3.05, 3.63) is 63.4 Å². The van der Waals surface area contributed by atoms with Gasteiger partial charge in [-0.1, -0.05) is 6.07 Å². The first kappa shape index (κ1) is 15.4. The third-order valence-corrected chi connectivity index (χ3v) is 3.36. The molecule has 0 aliphatic carbocycles. The van der Waals surface area contributed by atoms with Crippen molar-refractivity contribution in [2.75, 3.05) is 5.32 Å². The molecule has 0 fully saturated rings. The molecule has 0 atom stereocenters. The van der Waals surface area contributed by atoms with Gasteiger partial charge in [0.05, 0.1) is 15.7 Å². The van der Waals surface area contributed by atoms with Crippen LogP contribution in [0.5, 0.6) is 0 Å². The van der Waals surface area contributed by atoms with E-state index in [0.29, 0.717) is 11.6 Å². The minimum Gasteiger partial charge on any atom is -0.478 e. The van der Waals surface area contributed by atoms with Crippen LogP contribution < -0.4 is 5.32 Å². The van der Waals surface area contributed by atoms with E-state index in [0.717, 1.165) is 6.07 Å². The van der Waals surface area contributed by atoms with Gasteiger partial charge in [-0.15, -0.1) is 0 Å². The first-order valence-electron chi connectivity index (χ1n) is 5.78. The van der Waals surface area contributed by atoms with Crippen molar-refractivity contribution < 1.29 is 23.1 Å². The molecule has 0 spiro atoms. The van der Waals surface area contributed by atoms with E-state index in [1.807, 2.05) is 0 Å². The van der Waals surface area contributed by atoms with E-state index >= 15 is 0 Å². The number of carbonyl (C=O) groups is 1. The smallest absolute Gasteiger partial charge is 0.338 e. The van der Waals surface area contributed by atoms with Crippen molar-refractivity contribution >= 4 is 27.6 Å². The zero-order chi connectivity index (χ0) is 15.6. The van der Waals surface area contributed by atoms with E-state index in [1.165, 1.54) is 18.2 Å². The normalized spacial score (nSPS) is 10.5. The molecule has 2 aromatic rings. The van der Waals surface area contributed by atoms with Gasteiger partial charge in [-0.05, 0) is 39.7 Å². The summed E-state index contributed by atoms with van der Waals surface area (Å²) in [6.45, 7) is 0.125. The van der Waals surface area contributed by atoms with Gasteiger partial charge in [0, 0.05) is 12.6 Å². The van der Waals surface area contributed by atoms with Crippen molar-refractivity contribution in [1.82, 2.24) is 0 Å². The Morgan fingerprint density at radius 3 is 2.43 bits per heavy atom. The molecule has 2 aromatic carbocycles. The van der Waals surface area contributed by atoms with Crippen LogP contribution >= 0.6 is 15.9 Å². The van der Waals surface area contributed by atoms with E-state index in [2.05, 4.69) is 21.2 Å². The molecule has 0 aliphatic rings. The number of rotatable bonds is 4. The highest BCUT2D eigenvalue weighted by atomic mass is 79.9. The van der Waals surface area contributed by atoms with E-state index in [1.54, 1.807) is 0 Å². The highest BCUT2D eigenvalue weighted by Gasteiger charge is 2.15. The van der Waals surface area contributed by atoms with Crippen LogP contribution in [0.15, 0.2) is 34.8 Å². The maximum absolute atomic E-state index is 13.6. The van der Waals surface area contributed by atoms with Crippen LogP contribution in [0.25, 0.3) is 0 Å².